The van der Waals surface area contributed by atoms with Crippen LogP contribution >= 0.6 is 0 Å². The van der Waals surface area contributed by atoms with E-state index in [4.69, 9.17) is 0 Å². The van der Waals surface area contributed by atoms with Gasteiger partial charge in [0.05, 0.1) is 23.3 Å². The first kappa shape index (κ1) is 20.5. The van der Waals surface area contributed by atoms with E-state index in [1.807, 2.05) is 6.07 Å². The molecular weight excluding hydrogens is 386 g/mol. The third-order valence-corrected chi connectivity index (χ3v) is 5.93. The highest BCUT2D eigenvalue weighted by atomic mass is 19.1. The van der Waals surface area contributed by atoms with E-state index in [1.165, 1.54) is 13.0 Å². The van der Waals surface area contributed by atoms with E-state index >= 15 is 0 Å². The van der Waals surface area contributed by atoms with Crippen molar-refractivity contribution in [1.82, 2.24) is 20.8 Å². The van der Waals surface area contributed by atoms with Gasteiger partial charge in [-0.2, -0.15) is 5.10 Å². The Balaban J connectivity index is 1.63. The molecule has 3 aromatic rings. The Morgan fingerprint density at radius 3 is 2.67 bits per heavy atom. The summed E-state index contributed by atoms with van der Waals surface area (Å²) in [5.74, 6) is -0.546. The van der Waals surface area contributed by atoms with Crippen LogP contribution in [0.3, 0.4) is 0 Å². The van der Waals surface area contributed by atoms with Crippen LogP contribution in [0.5, 0.6) is 0 Å². The summed E-state index contributed by atoms with van der Waals surface area (Å²) in [5.41, 5.74) is 2.52. The molecule has 1 saturated heterocycles. The van der Waals surface area contributed by atoms with Gasteiger partial charge >= 0.3 is 0 Å². The Labute approximate surface area is 174 Å². The number of alkyl halides is 1. The molecular formula is C23H26F2N4O. The third kappa shape index (κ3) is 3.94. The Kier molecular flexibility index (Phi) is 5.81. The molecule has 0 spiro atoms. The van der Waals surface area contributed by atoms with Crippen LogP contribution in [0.25, 0.3) is 10.9 Å². The van der Waals surface area contributed by atoms with E-state index in [9.17, 15) is 13.6 Å². The molecule has 1 aromatic heterocycles. The maximum atomic E-state index is 14.7. The van der Waals surface area contributed by atoms with Crippen molar-refractivity contribution >= 4 is 16.8 Å². The van der Waals surface area contributed by atoms with Crippen LogP contribution in [0.1, 0.15) is 71.9 Å². The number of aromatic nitrogens is 2. The number of amides is 1. The molecule has 1 aliphatic rings. The zero-order valence-corrected chi connectivity index (χ0v) is 17.1. The number of carbonyl (C=O) groups is 1. The Bertz CT molecular complexity index is 1060. The first-order chi connectivity index (χ1) is 14.5. The van der Waals surface area contributed by atoms with Crippen molar-refractivity contribution in [1.29, 1.82) is 0 Å². The van der Waals surface area contributed by atoms with Gasteiger partial charge < -0.3 is 10.6 Å². The molecule has 1 amide bonds. The van der Waals surface area contributed by atoms with Crippen molar-refractivity contribution < 1.29 is 13.6 Å². The second kappa shape index (κ2) is 8.52. The van der Waals surface area contributed by atoms with Gasteiger partial charge in [0.15, 0.2) is 0 Å². The van der Waals surface area contributed by atoms with Crippen molar-refractivity contribution in [3.8, 4) is 0 Å². The van der Waals surface area contributed by atoms with Crippen LogP contribution in [0, 0.1) is 5.82 Å². The summed E-state index contributed by atoms with van der Waals surface area (Å²) in [6, 6.07) is 7.99. The number of benzene rings is 2. The summed E-state index contributed by atoms with van der Waals surface area (Å²) in [5, 5.41) is 14.1. The number of nitrogens with zero attached hydrogens (tertiary/aromatic N) is 1. The van der Waals surface area contributed by atoms with Gasteiger partial charge in [0.25, 0.3) is 5.91 Å². The molecule has 0 radical (unpaired) electrons. The number of halogens is 2. The quantitative estimate of drug-likeness (QED) is 0.569. The van der Waals surface area contributed by atoms with Gasteiger partial charge in [-0.15, -0.1) is 0 Å². The average Bonchev–Trinajstić information content (AvgIpc) is 3.22. The molecule has 1 fully saturated rings. The minimum Gasteiger partial charge on any atom is -0.345 e. The highest BCUT2D eigenvalue weighted by Gasteiger charge is 2.23. The number of nitrogens with one attached hydrogen (secondary N) is 3. The van der Waals surface area contributed by atoms with Gasteiger partial charge in [-0.3, -0.25) is 9.89 Å². The fourth-order valence-corrected chi connectivity index (χ4v) is 4.21. The monoisotopic (exact) mass is 412 g/mol. The molecule has 0 bridgehead atoms. The lowest BCUT2D eigenvalue weighted by molar-refractivity contribution is 0.0940. The van der Waals surface area contributed by atoms with Crippen molar-refractivity contribution in [2.24, 2.45) is 0 Å². The molecule has 0 saturated carbocycles. The molecule has 2 aromatic carbocycles. The van der Waals surface area contributed by atoms with E-state index in [2.05, 4.69) is 26.9 Å². The predicted octanol–water partition coefficient (Wildman–Crippen LogP) is 4.69. The Morgan fingerprint density at radius 2 is 1.93 bits per heavy atom. The van der Waals surface area contributed by atoms with Gasteiger partial charge in [-0.05, 0) is 63.4 Å². The minimum absolute atomic E-state index is 0.00235. The molecule has 1 unspecified atom stereocenters. The molecule has 1 aliphatic heterocycles. The zero-order valence-electron chi connectivity index (χ0n) is 17.1. The van der Waals surface area contributed by atoms with E-state index in [1.54, 1.807) is 25.3 Å². The summed E-state index contributed by atoms with van der Waals surface area (Å²) in [6.45, 7) is 4.90. The number of hydrogen-bond acceptors (Lipinski definition) is 3. The van der Waals surface area contributed by atoms with Crippen molar-refractivity contribution in [3.05, 3.63) is 64.6 Å². The highest BCUT2D eigenvalue weighted by Crippen LogP contribution is 2.31. The Morgan fingerprint density at radius 1 is 1.20 bits per heavy atom. The van der Waals surface area contributed by atoms with Gasteiger partial charge in [0.2, 0.25) is 0 Å². The van der Waals surface area contributed by atoms with Crippen LogP contribution in [0.4, 0.5) is 8.78 Å². The summed E-state index contributed by atoms with van der Waals surface area (Å²) < 4.78 is 28.4. The molecule has 0 aliphatic carbocycles. The van der Waals surface area contributed by atoms with Gasteiger partial charge in [0, 0.05) is 16.5 Å². The van der Waals surface area contributed by atoms with Crippen molar-refractivity contribution in [2.75, 3.05) is 13.1 Å². The molecule has 4 rings (SSSR count). The smallest absolute Gasteiger partial charge is 0.253 e. The van der Waals surface area contributed by atoms with Gasteiger partial charge in [0.1, 0.15) is 12.0 Å². The minimum atomic E-state index is -1.42. The maximum Gasteiger partial charge on any atom is 0.253 e. The summed E-state index contributed by atoms with van der Waals surface area (Å²) in [4.78, 5) is 13.1. The molecule has 2 atom stereocenters. The summed E-state index contributed by atoms with van der Waals surface area (Å²) >= 11 is 0. The number of hydrogen-bond donors (Lipinski definition) is 3. The number of rotatable bonds is 5. The summed E-state index contributed by atoms with van der Waals surface area (Å²) in [7, 11) is 0. The molecule has 7 heteroatoms. The second-order valence-corrected chi connectivity index (χ2v) is 7.99. The van der Waals surface area contributed by atoms with E-state index in [-0.39, 0.29) is 17.0 Å². The lowest BCUT2D eigenvalue weighted by atomic mass is 9.88. The van der Waals surface area contributed by atoms with E-state index in [0.29, 0.717) is 17.0 Å². The topological polar surface area (TPSA) is 69.8 Å². The Hall–Kier alpha value is -2.80. The third-order valence-electron chi connectivity index (χ3n) is 5.93. The molecule has 3 N–H and O–H groups in total. The number of piperidine rings is 1. The standard InChI is InChI=1S/C23H26F2N4O/c1-13(24)18-4-3-5-19(21(18)25)14(2)28-23(30)20-11-16(15-6-8-26-9-7-15)10-17-12-27-29-22(17)20/h3-5,10-15,26H,6-9H2,1-2H3,(H,27,29)(H,28,30)/t13?,14-/m1/s1. The number of H-pyrrole nitrogens is 1. The van der Waals surface area contributed by atoms with E-state index in [0.717, 1.165) is 36.9 Å². The lowest BCUT2D eigenvalue weighted by Gasteiger charge is -2.24. The van der Waals surface area contributed by atoms with Crippen LogP contribution in [0.2, 0.25) is 0 Å². The first-order valence-electron chi connectivity index (χ1n) is 10.4. The zero-order chi connectivity index (χ0) is 21.3. The molecule has 5 nitrogen and oxygen atoms in total. The molecule has 158 valence electrons. The average molecular weight is 412 g/mol. The van der Waals surface area contributed by atoms with Crippen molar-refractivity contribution in [2.45, 2.75) is 44.8 Å². The highest BCUT2D eigenvalue weighted by molar-refractivity contribution is 6.06. The van der Waals surface area contributed by atoms with Crippen LogP contribution < -0.4 is 10.6 Å². The largest absolute Gasteiger partial charge is 0.345 e. The number of aromatic amines is 1. The SMILES string of the molecule is CC(F)c1cccc([C@@H](C)NC(=O)c2cc(C3CCNCC3)cc3cn[nH]c23)c1F. The predicted molar refractivity (Wildman–Crippen MR) is 113 cm³/mol. The van der Waals surface area contributed by atoms with Crippen molar-refractivity contribution in [3.63, 3.8) is 0 Å². The van der Waals surface area contributed by atoms with Gasteiger partial charge in [-0.1, -0.05) is 18.2 Å². The summed E-state index contributed by atoms with van der Waals surface area (Å²) in [6.07, 6.45) is 2.32. The molecule has 30 heavy (non-hydrogen) atoms. The lowest BCUT2D eigenvalue weighted by Crippen LogP contribution is -2.29. The van der Waals surface area contributed by atoms with Crippen LogP contribution in [-0.4, -0.2) is 29.2 Å². The number of carbonyl (C=O) groups excluding carboxylic acids is 1. The van der Waals surface area contributed by atoms with E-state index < -0.39 is 18.0 Å². The fourth-order valence-electron chi connectivity index (χ4n) is 4.21. The fraction of sp³-hybridized carbons (Fsp3) is 0.391. The van der Waals surface area contributed by atoms with Crippen LogP contribution in [0.15, 0.2) is 36.5 Å². The second-order valence-electron chi connectivity index (χ2n) is 7.99. The molecule has 2 heterocycles. The van der Waals surface area contributed by atoms with Crippen LogP contribution in [-0.2, 0) is 0 Å². The first-order valence-corrected chi connectivity index (χ1v) is 10.4. The maximum absolute atomic E-state index is 14.7. The normalized spacial score (nSPS) is 17.1. The van der Waals surface area contributed by atoms with Gasteiger partial charge in [-0.25, -0.2) is 8.78 Å². The number of fused-ring (bicyclic) bond motifs is 1.